The number of amides is 1. The van der Waals surface area contributed by atoms with Crippen molar-refractivity contribution in [1.82, 2.24) is 5.32 Å². The highest BCUT2D eigenvalue weighted by Crippen LogP contribution is 2.20. The first-order valence-corrected chi connectivity index (χ1v) is 7.73. The molecular weight excluding hydrogens is 348 g/mol. The average molecular weight is 364 g/mol. The van der Waals surface area contributed by atoms with Crippen LogP contribution in [0.5, 0.6) is 0 Å². The molecule has 0 radical (unpaired) electrons. The molecular formula is C13H16BrClN2O3. The number of carbonyl (C=O) groups excluding carboxylic acids is 1. The van der Waals surface area contributed by atoms with Crippen LogP contribution in [0.2, 0.25) is 5.02 Å². The lowest BCUT2D eigenvalue weighted by Crippen LogP contribution is -2.24. The lowest BCUT2D eigenvalue weighted by molar-refractivity contribution is -0.384. The number of alkyl halides is 1. The summed E-state index contributed by atoms with van der Waals surface area (Å²) in [4.78, 5) is 22.0. The summed E-state index contributed by atoms with van der Waals surface area (Å²) in [7, 11) is 0. The van der Waals surface area contributed by atoms with E-state index >= 15 is 0 Å². The molecule has 0 spiro atoms. The molecule has 0 bridgehead atoms. The van der Waals surface area contributed by atoms with Crippen molar-refractivity contribution >= 4 is 39.1 Å². The molecule has 1 aromatic carbocycles. The predicted molar refractivity (Wildman–Crippen MR) is 82.6 cm³/mol. The van der Waals surface area contributed by atoms with Crippen molar-refractivity contribution in [2.45, 2.75) is 19.8 Å². The molecule has 1 unspecified atom stereocenters. The number of halogens is 2. The monoisotopic (exact) mass is 362 g/mol. The number of nitro benzene ring substituents is 1. The van der Waals surface area contributed by atoms with Gasteiger partial charge in [-0.25, -0.2) is 0 Å². The van der Waals surface area contributed by atoms with Crippen LogP contribution in [-0.2, 0) is 0 Å². The lowest BCUT2D eigenvalue weighted by atomic mass is 10.1. The minimum absolute atomic E-state index is 0.178. The zero-order valence-electron chi connectivity index (χ0n) is 11.1. The molecule has 7 heteroatoms. The molecule has 0 aliphatic carbocycles. The van der Waals surface area contributed by atoms with E-state index in [1.807, 2.05) is 0 Å². The molecule has 1 rings (SSSR count). The molecule has 20 heavy (non-hydrogen) atoms. The average Bonchev–Trinajstić information content (AvgIpc) is 2.42. The Kier molecular flexibility index (Phi) is 6.95. The van der Waals surface area contributed by atoms with Crippen LogP contribution in [0.15, 0.2) is 18.2 Å². The predicted octanol–water partition coefficient (Wildman–Crippen LogP) is 3.79. The highest BCUT2D eigenvalue weighted by Gasteiger charge is 2.13. The molecule has 1 aromatic rings. The fourth-order valence-electron chi connectivity index (χ4n) is 1.64. The quantitative estimate of drug-likeness (QED) is 0.347. The van der Waals surface area contributed by atoms with Crippen molar-refractivity contribution in [1.29, 1.82) is 0 Å². The van der Waals surface area contributed by atoms with Crippen molar-refractivity contribution < 1.29 is 9.72 Å². The SMILES string of the molecule is CC(CBr)CCCNC(=O)c1cc(Cl)cc([N+](=O)[O-])c1. The molecule has 0 saturated heterocycles. The first kappa shape index (κ1) is 16.9. The minimum atomic E-state index is -0.569. The van der Waals surface area contributed by atoms with Gasteiger partial charge in [-0.2, -0.15) is 0 Å². The number of hydrogen-bond donors (Lipinski definition) is 1. The van der Waals surface area contributed by atoms with E-state index in [0.29, 0.717) is 12.5 Å². The van der Waals surface area contributed by atoms with Crippen LogP contribution in [0.25, 0.3) is 0 Å². The van der Waals surface area contributed by atoms with E-state index in [2.05, 4.69) is 28.2 Å². The van der Waals surface area contributed by atoms with Crippen molar-refractivity contribution in [2.24, 2.45) is 5.92 Å². The fraction of sp³-hybridized carbons (Fsp3) is 0.462. The third-order valence-electron chi connectivity index (χ3n) is 2.78. The van der Waals surface area contributed by atoms with Gasteiger partial charge >= 0.3 is 0 Å². The maximum absolute atomic E-state index is 11.9. The Bertz CT molecular complexity index is 497. The number of carbonyl (C=O) groups is 1. The summed E-state index contributed by atoms with van der Waals surface area (Å²) in [5, 5.41) is 14.6. The maximum Gasteiger partial charge on any atom is 0.271 e. The normalized spacial score (nSPS) is 11.9. The van der Waals surface area contributed by atoms with Gasteiger partial charge in [0.05, 0.1) is 4.92 Å². The van der Waals surface area contributed by atoms with Gasteiger partial charge in [-0.15, -0.1) is 0 Å². The van der Waals surface area contributed by atoms with E-state index in [-0.39, 0.29) is 22.2 Å². The standard InChI is InChI=1S/C13H16BrClN2O3/c1-9(8-14)3-2-4-16-13(18)10-5-11(15)7-12(6-10)17(19)20/h5-7,9H,2-4,8H2,1H3,(H,16,18). The van der Waals surface area contributed by atoms with E-state index in [0.717, 1.165) is 18.2 Å². The second kappa shape index (κ2) is 8.21. The zero-order chi connectivity index (χ0) is 15.1. The highest BCUT2D eigenvalue weighted by atomic mass is 79.9. The van der Waals surface area contributed by atoms with Gasteiger partial charge in [-0.3, -0.25) is 14.9 Å². The van der Waals surface area contributed by atoms with E-state index < -0.39 is 4.92 Å². The second-order valence-corrected chi connectivity index (χ2v) is 5.70. The van der Waals surface area contributed by atoms with Crippen molar-refractivity contribution in [3.8, 4) is 0 Å². The molecule has 5 nitrogen and oxygen atoms in total. The molecule has 0 heterocycles. The number of hydrogen-bond acceptors (Lipinski definition) is 3. The molecule has 1 N–H and O–H groups in total. The van der Waals surface area contributed by atoms with Gasteiger partial charge in [-0.05, 0) is 24.8 Å². The van der Waals surface area contributed by atoms with Gasteiger partial charge in [0.25, 0.3) is 11.6 Å². The van der Waals surface area contributed by atoms with Crippen LogP contribution in [0.3, 0.4) is 0 Å². The van der Waals surface area contributed by atoms with Crippen LogP contribution in [0.4, 0.5) is 5.69 Å². The van der Waals surface area contributed by atoms with Gasteiger partial charge in [0, 0.05) is 34.6 Å². The summed E-state index contributed by atoms with van der Waals surface area (Å²) in [6.07, 6.45) is 1.86. The molecule has 1 atom stereocenters. The second-order valence-electron chi connectivity index (χ2n) is 4.61. The first-order chi connectivity index (χ1) is 9.43. The Morgan fingerprint density at radius 2 is 2.20 bits per heavy atom. The Labute approximate surface area is 131 Å². The van der Waals surface area contributed by atoms with Crippen LogP contribution >= 0.6 is 27.5 Å². The number of rotatable bonds is 7. The van der Waals surface area contributed by atoms with Crippen molar-refractivity contribution in [2.75, 3.05) is 11.9 Å². The third-order valence-corrected chi connectivity index (χ3v) is 4.10. The summed E-state index contributed by atoms with van der Waals surface area (Å²) in [5.41, 5.74) is 0.0216. The summed E-state index contributed by atoms with van der Waals surface area (Å²) in [6, 6.07) is 3.86. The number of nitrogens with zero attached hydrogens (tertiary/aromatic N) is 1. The number of nitro groups is 1. The Morgan fingerprint density at radius 3 is 2.80 bits per heavy atom. The number of benzene rings is 1. The summed E-state index contributed by atoms with van der Waals surface area (Å²) >= 11 is 9.17. The molecule has 0 aromatic heterocycles. The topological polar surface area (TPSA) is 72.2 Å². The van der Waals surface area contributed by atoms with Crippen LogP contribution in [0.1, 0.15) is 30.1 Å². The highest BCUT2D eigenvalue weighted by molar-refractivity contribution is 9.09. The first-order valence-electron chi connectivity index (χ1n) is 6.23. The summed E-state index contributed by atoms with van der Waals surface area (Å²) in [6.45, 7) is 2.66. The third kappa shape index (κ3) is 5.46. The van der Waals surface area contributed by atoms with Gasteiger partial charge in [0.15, 0.2) is 0 Å². The van der Waals surface area contributed by atoms with E-state index in [9.17, 15) is 14.9 Å². The van der Waals surface area contributed by atoms with Crippen molar-refractivity contribution in [3.05, 3.63) is 38.9 Å². The van der Waals surface area contributed by atoms with E-state index in [1.54, 1.807) is 0 Å². The molecule has 1 amide bonds. The van der Waals surface area contributed by atoms with Crippen LogP contribution in [0, 0.1) is 16.0 Å². The van der Waals surface area contributed by atoms with Gasteiger partial charge in [-0.1, -0.05) is 34.5 Å². The van der Waals surface area contributed by atoms with E-state index in [4.69, 9.17) is 11.6 Å². The Morgan fingerprint density at radius 1 is 1.50 bits per heavy atom. The van der Waals surface area contributed by atoms with E-state index in [1.165, 1.54) is 18.2 Å². The maximum atomic E-state index is 11.9. The lowest BCUT2D eigenvalue weighted by Gasteiger charge is -2.08. The summed E-state index contributed by atoms with van der Waals surface area (Å²) < 4.78 is 0. The molecule has 0 fully saturated rings. The number of nitrogens with one attached hydrogen (secondary N) is 1. The van der Waals surface area contributed by atoms with Gasteiger partial charge in [0.2, 0.25) is 0 Å². The minimum Gasteiger partial charge on any atom is -0.352 e. The molecule has 0 saturated carbocycles. The van der Waals surface area contributed by atoms with Gasteiger partial charge in [0.1, 0.15) is 0 Å². The Balaban J connectivity index is 2.57. The Hall–Kier alpha value is -1.14. The smallest absolute Gasteiger partial charge is 0.271 e. The number of non-ortho nitro benzene ring substituents is 1. The molecule has 0 aliphatic heterocycles. The van der Waals surface area contributed by atoms with Gasteiger partial charge < -0.3 is 5.32 Å². The zero-order valence-corrected chi connectivity index (χ0v) is 13.4. The van der Waals surface area contributed by atoms with Crippen LogP contribution in [-0.4, -0.2) is 22.7 Å². The molecule has 110 valence electrons. The largest absolute Gasteiger partial charge is 0.352 e. The summed E-state index contributed by atoms with van der Waals surface area (Å²) in [5.74, 6) is 0.209. The molecule has 0 aliphatic rings. The van der Waals surface area contributed by atoms with Crippen LogP contribution < -0.4 is 5.32 Å². The fourth-order valence-corrected chi connectivity index (χ4v) is 2.20. The van der Waals surface area contributed by atoms with Crippen molar-refractivity contribution in [3.63, 3.8) is 0 Å².